The van der Waals surface area contributed by atoms with Gasteiger partial charge in [-0.25, -0.2) is 17.5 Å². The molecule has 1 unspecified atom stereocenters. The Morgan fingerprint density at radius 1 is 1.03 bits per heavy atom. The normalized spacial score (nSPS) is 12.8. The highest BCUT2D eigenvalue weighted by Gasteiger charge is 2.20. The smallest absolute Gasteiger partial charge is 0.302 e. The fourth-order valence-electron chi connectivity index (χ4n) is 3.54. The number of aromatic nitrogens is 1. The number of fused-ring (bicyclic) bond motifs is 1. The molecule has 3 aromatic carbocycles. The molecule has 5 nitrogen and oxygen atoms in total. The molecule has 0 radical (unpaired) electrons. The predicted molar refractivity (Wildman–Crippen MR) is 122 cm³/mol. The van der Waals surface area contributed by atoms with Crippen LogP contribution in [0.2, 0.25) is 0 Å². The molecule has 1 heterocycles. The van der Waals surface area contributed by atoms with Crippen molar-refractivity contribution in [3.63, 3.8) is 0 Å². The minimum Gasteiger partial charge on any atom is -0.302 e. The molecule has 0 spiro atoms. The summed E-state index contributed by atoms with van der Waals surface area (Å²) < 4.78 is 44.9. The zero-order valence-electron chi connectivity index (χ0n) is 16.8. The first-order chi connectivity index (χ1) is 14.8. The van der Waals surface area contributed by atoms with E-state index in [-0.39, 0.29) is 28.0 Å². The van der Waals surface area contributed by atoms with E-state index in [1.165, 1.54) is 22.8 Å². The van der Waals surface area contributed by atoms with Gasteiger partial charge in [-0.3, -0.25) is 4.79 Å². The van der Waals surface area contributed by atoms with E-state index < -0.39 is 10.0 Å². The van der Waals surface area contributed by atoms with Crippen molar-refractivity contribution in [1.82, 2.24) is 9.29 Å². The van der Waals surface area contributed by atoms with Crippen LogP contribution in [0.1, 0.15) is 17.0 Å². The topological polar surface area (TPSA) is 68.2 Å². The maximum absolute atomic E-state index is 14.2. The summed E-state index contributed by atoms with van der Waals surface area (Å²) >= 11 is 1.01. The summed E-state index contributed by atoms with van der Waals surface area (Å²) in [5.74, 6) is -0.555. The summed E-state index contributed by atoms with van der Waals surface area (Å²) in [5.41, 5.74) is 2.15. The number of halogens is 1. The summed E-state index contributed by atoms with van der Waals surface area (Å²) in [6.45, 7) is 0.115. The molecule has 0 aliphatic rings. The molecule has 4 rings (SSSR count). The van der Waals surface area contributed by atoms with Crippen molar-refractivity contribution in [3.05, 3.63) is 99.4 Å². The molecule has 1 atom stereocenters. The lowest BCUT2D eigenvalue weighted by Crippen LogP contribution is -2.29. The lowest BCUT2D eigenvalue weighted by atomic mass is 9.92. The summed E-state index contributed by atoms with van der Waals surface area (Å²) in [5, 5.41) is 0. The highest BCUT2D eigenvalue weighted by atomic mass is 32.2. The Hall–Kier alpha value is -2.81. The van der Waals surface area contributed by atoms with Gasteiger partial charge < -0.3 is 4.57 Å². The van der Waals surface area contributed by atoms with E-state index >= 15 is 0 Å². The Balaban J connectivity index is 1.60. The maximum atomic E-state index is 14.2. The maximum Gasteiger partial charge on any atom is 0.307 e. The molecule has 0 aliphatic carbocycles. The average molecular weight is 457 g/mol. The highest BCUT2D eigenvalue weighted by molar-refractivity contribution is 7.89. The minimum absolute atomic E-state index is 0.0968. The molecule has 0 amide bonds. The van der Waals surface area contributed by atoms with E-state index in [0.717, 1.165) is 16.9 Å². The molecule has 0 saturated heterocycles. The standard InChI is InChI=1S/C23H21FN2O3S2/c1-26-21-12-11-19(14-22(21)30-23(26)27)31(28,29)25-15-18(16-7-3-2-4-8-16)13-17-9-5-6-10-20(17)24/h2-12,14,18,25H,13,15H2,1H3. The second-order valence-corrected chi connectivity index (χ2v) is 10.1. The SMILES string of the molecule is Cn1c(=O)sc2cc(S(=O)(=O)NCC(Cc3ccccc3F)c3ccccc3)ccc21. The van der Waals surface area contributed by atoms with Crippen LogP contribution < -0.4 is 9.60 Å². The molecule has 0 bridgehead atoms. The zero-order valence-corrected chi connectivity index (χ0v) is 18.4. The Morgan fingerprint density at radius 2 is 1.74 bits per heavy atom. The van der Waals surface area contributed by atoms with Crippen LogP contribution in [0.4, 0.5) is 4.39 Å². The molecule has 0 aliphatic heterocycles. The number of hydrogen-bond acceptors (Lipinski definition) is 4. The van der Waals surface area contributed by atoms with Gasteiger partial charge in [0.05, 0.1) is 15.1 Å². The number of sulfonamides is 1. The van der Waals surface area contributed by atoms with Crippen molar-refractivity contribution in [2.45, 2.75) is 17.2 Å². The average Bonchev–Trinajstić information content (AvgIpc) is 3.06. The largest absolute Gasteiger partial charge is 0.307 e. The third-order valence-corrected chi connectivity index (χ3v) is 7.71. The molecule has 1 aromatic heterocycles. The Bertz CT molecular complexity index is 1380. The molecule has 31 heavy (non-hydrogen) atoms. The van der Waals surface area contributed by atoms with Crippen LogP contribution in [0, 0.1) is 5.82 Å². The van der Waals surface area contributed by atoms with Gasteiger partial charge in [0, 0.05) is 19.5 Å². The minimum atomic E-state index is -3.81. The fraction of sp³-hybridized carbons (Fsp3) is 0.174. The van der Waals surface area contributed by atoms with Gasteiger partial charge in [-0.2, -0.15) is 0 Å². The molecular formula is C23H21FN2O3S2. The lowest BCUT2D eigenvalue weighted by Gasteiger charge is -2.19. The number of aryl methyl sites for hydroxylation is 1. The highest BCUT2D eigenvalue weighted by Crippen LogP contribution is 2.24. The van der Waals surface area contributed by atoms with Gasteiger partial charge in [-0.1, -0.05) is 59.9 Å². The first kappa shape index (κ1) is 21.4. The summed E-state index contributed by atoms with van der Waals surface area (Å²) in [4.78, 5) is 11.8. The molecule has 160 valence electrons. The van der Waals surface area contributed by atoms with E-state index in [4.69, 9.17) is 0 Å². The van der Waals surface area contributed by atoms with E-state index in [2.05, 4.69) is 4.72 Å². The van der Waals surface area contributed by atoms with Crippen LogP contribution in [-0.4, -0.2) is 19.5 Å². The van der Waals surface area contributed by atoms with E-state index in [9.17, 15) is 17.6 Å². The van der Waals surface area contributed by atoms with Crippen LogP contribution in [0.15, 0.2) is 82.5 Å². The van der Waals surface area contributed by atoms with Gasteiger partial charge in [0.25, 0.3) is 0 Å². The molecule has 0 saturated carbocycles. The second-order valence-electron chi connectivity index (χ2n) is 7.31. The summed E-state index contributed by atoms with van der Waals surface area (Å²) in [7, 11) is -2.16. The summed E-state index contributed by atoms with van der Waals surface area (Å²) in [6, 6.07) is 20.6. The van der Waals surface area contributed by atoms with Crippen molar-refractivity contribution in [3.8, 4) is 0 Å². The number of nitrogens with one attached hydrogen (secondary N) is 1. The van der Waals surface area contributed by atoms with E-state index in [0.29, 0.717) is 22.2 Å². The van der Waals surface area contributed by atoms with Gasteiger partial charge in [0.1, 0.15) is 5.82 Å². The zero-order chi connectivity index (χ0) is 22.0. The van der Waals surface area contributed by atoms with E-state index in [1.807, 2.05) is 30.3 Å². The molecule has 8 heteroatoms. The summed E-state index contributed by atoms with van der Waals surface area (Å²) in [6.07, 6.45) is 0.360. The number of hydrogen-bond donors (Lipinski definition) is 1. The van der Waals surface area contributed by atoms with Crippen LogP contribution in [0.5, 0.6) is 0 Å². The van der Waals surface area contributed by atoms with Crippen LogP contribution in [0.25, 0.3) is 10.2 Å². The third kappa shape index (κ3) is 4.61. The number of benzene rings is 3. The van der Waals surface area contributed by atoms with Gasteiger partial charge in [0.15, 0.2) is 0 Å². The van der Waals surface area contributed by atoms with Gasteiger partial charge in [0.2, 0.25) is 10.0 Å². The Kier molecular flexibility index (Phi) is 6.04. The molecule has 4 aromatic rings. The van der Waals surface area contributed by atoms with Crippen molar-refractivity contribution in [1.29, 1.82) is 0 Å². The van der Waals surface area contributed by atoms with E-state index in [1.54, 1.807) is 31.3 Å². The first-order valence-corrected chi connectivity index (χ1v) is 12.0. The molecule has 0 fully saturated rings. The van der Waals surface area contributed by atoms with Crippen molar-refractivity contribution in [2.24, 2.45) is 7.05 Å². The Labute approximate surface area is 183 Å². The van der Waals surface area contributed by atoms with Crippen LogP contribution in [-0.2, 0) is 23.5 Å². The number of thiazole rings is 1. The third-order valence-electron chi connectivity index (χ3n) is 5.29. The van der Waals surface area contributed by atoms with Crippen molar-refractivity contribution >= 4 is 31.6 Å². The quantitative estimate of drug-likeness (QED) is 0.456. The van der Waals surface area contributed by atoms with Gasteiger partial charge >= 0.3 is 4.87 Å². The number of rotatable bonds is 7. The molecule has 1 N–H and O–H groups in total. The van der Waals surface area contributed by atoms with Crippen LogP contribution in [0.3, 0.4) is 0 Å². The van der Waals surface area contributed by atoms with Gasteiger partial charge in [-0.05, 0) is 41.8 Å². The second kappa shape index (κ2) is 8.74. The first-order valence-electron chi connectivity index (χ1n) is 9.73. The fourth-order valence-corrected chi connectivity index (χ4v) is 5.64. The van der Waals surface area contributed by atoms with Crippen molar-refractivity contribution in [2.75, 3.05) is 6.54 Å². The van der Waals surface area contributed by atoms with Crippen LogP contribution >= 0.6 is 11.3 Å². The molecular weight excluding hydrogens is 435 g/mol. The monoisotopic (exact) mass is 456 g/mol. The number of nitrogens with zero attached hydrogens (tertiary/aromatic N) is 1. The van der Waals surface area contributed by atoms with Crippen molar-refractivity contribution < 1.29 is 12.8 Å². The predicted octanol–water partition coefficient (Wildman–Crippen LogP) is 4.04. The van der Waals surface area contributed by atoms with Gasteiger partial charge in [-0.15, -0.1) is 0 Å². The lowest BCUT2D eigenvalue weighted by molar-refractivity contribution is 0.560. The Morgan fingerprint density at radius 3 is 2.48 bits per heavy atom.